The Balaban J connectivity index is 2.06. The van der Waals surface area contributed by atoms with Crippen LogP contribution in [0, 0.1) is 20.8 Å². The minimum atomic E-state index is -0.189. The van der Waals surface area contributed by atoms with Crippen LogP contribution in [-0.4, -0.2) is 15.6 Å². The lowest BCUT2D eigenvalue weighted by Crippen LogP contribution is -2.21. The third-order valence-corrected chi connectivity index (χ3v) is 3.95. The number of benzene rings is 1. The smallest absolute Gasteiger partial charge is 0.273 e. The minimum Gasteiger partial charge on any atom is -0.328 e. The Hall–Kier alpha value is -2.40. The highest BCUT2D eigenvalue weighted by Gasteiger charge is 2.21. The predicted octanol–water partition coefficient (Wildman–Crippen LogP) is 2.75. The molecule has 1 saturated heterocycles. The van der Waals surface area contributed by atoms with Crippen LogP contribution < -0.4 is 10.6 Å². The van der Waals surface area contributed by atoms with Crippen LogP contribution in [0.2, 0.25) is 0 Å². The first kappa shape index (κ1) is 14.5. The van der Waals surface area contributed by atoms with Gasteiger partial charge < -0.3 is 9.88 Å². The van der Waals surface area contributed by atoms with Crippen molar-refractivity contribution in [3.05, 3.63) is 58.5 Å². The van der Waals surface area contributed by atoms with E-state index in [1.54, 1.807) is 0 Å². The zero-order valence-corrected chi connectivity index (χ0v) is 13.5. The van der Waals surface area contributed by atoms with Gasteiger partial charge in [-0.05, 0) is 68.4 Å². The van der Waals surface area contributed by atoms with E-state index in [0.29, 0.717) is 10.8 Å². The molecule has 1 aliphatic rings. The molecule has 1 aliphatic heterocycles. The average Bonchev–Trinajstić information content (AvgIpc) is 2.90. The van der Waals surface area contributed by atoms with Crippen LogP contribution in [0.25, 0.3) is 11.8 Å². The number of carbonyl (C=O) groups is 1. The molecule has 22 heavy (non-hydrogen) atoms. The van der Waals surface area contributed by atoms with Gasteiger partial charge >= 0.3 is 0 Å². The Labute approximate surface area is 134 Å². The molecular formula is C17H17N3OS. The zero-order valence-electron chi connectivity index (χ0n) is 12.7. The highest BCUT2D eigenvalue weighted by Crippen LogP contribution is 2.23. The van der Waals surface area contributed by atoms with Crippen molar-refractivity contribution in [1.82, 2.24) is 15.2 Å². The summed E-state index contributed by atoms with van der Waals surface area (Å²) < 4.78 is 2.19. The average molecular weight is 311 g/mol. The van der Waals surface area contributed by atoms with Crippen LogP contribution >= 0.6 is 12.2 Å². The number of nitrogens with one attached hydrogen (secondary N) is 2. The topological polar surface area (TPSA) is 46.1 Å². The number of thiocarbonyl (C=S) groups is 1. The standard InChI is InChI=1S/C17H17N3OS/c1-10-5-4-6-14(7-10)20-11(2)8-13(12(20)3)9-15-16(21)19-17(22)18-15/h4-9H,1-3H3,(H2,18,19,21,22). The lowest BCUT2D eigenvalue weighted by atomic mass is 10.2. The molecule has 0 aliphatic carbocycles. The Bertz CT molecular complexity index is 817. The second-order valence-corrected chi connectivity index (χ2v) is 5.88. The molecule has 112 valence electrons. The van der Waals surface area contributed by atoms with Gasteiger partial charge in [-0.1, -0.05) is 12.1 Å². The summed E-state index contributed by atoms with van der Waals surface area (Å²) in [6, 6.07) is 10.4. The number of nitrogens with zero attached hydrogens (tertiary/aromatic N) is 1. The number of aromatic nitrogens is 1. The van der Waals surface area contributed by atoms with Crippen molar-refractivity contribution in [2.45, 2.75) is 20.8 Å². The molecule has 1 fully saturated rings. The van der Waals surface area contributed by atoms with Crippen LogP contribution in [-0.2, 0) is 4.79 Å². The van der Waals surface area contributed by atoms with Crippen molar-refractivity contribution < 1.29 is 4.79 Å². The molecule has 1 aromatic carbocycles. The SMILES string of the molecule is Cc1cccc(-n2c(C)cc(C=C3NC(=S)NC3=O)c2C)c1. The van der Waals surface area contributed by atoms with Crippen LogP contribution in [0.4, 0.5) is 0 Å². The maximum atomic E-state index is 11.8. The van der Waals surface area contributed by atoms with Gasteiger partial charge in [0.2, 0.25) is 0 Å². The van der Waals surface area contributed by atoms with Gasteiger partial charge in [0, 0.05) is 17.1 Å². The molecule has 2 N–H and O–H groups in total. The summed E-state index contributed by atoms with van der Waals surface area (Å²) in [7, 11) is 0. The highest BCUT2D eigenvalue weighted by molar-refractivity contribution is 7.80. The Kier molecular flexibility index (Phi) is 3.58. The van der Waals surface area contributed by atoms with E-state index in [1.807, 2.05) is 19.1 Å². The van der Waals surface area contributed by atoms with E-state index in [9.17, 15) is 4.79 Å². The third kappa shape index (κ3) is 2.55. The lowest BCUT2D eigenvalue weighted by molar-refractivity contribution is -0.115. The number of rotatable bonds is 2. The molecule has 5 heteroatoms. The molecule has 0 atom stereocenters. The minimum absolute atomic E-state index is 0.189. The summed E-state index contributed by atoms with van der Waals surface area (Å²) >= 11 is 4.96. The molecule has 0 saturated carbocycles. The van der Waals surface area contributed by atoms with Crippen LogP contribution in [0.1, 0.15) is 22.5 Å². The fourth-order valence-electron chi connectivity index (χ4n) is 2.74. The first-order chi connectivity index (χ1) is 10.5. The van der Waals surface area contributed by atoms with Crippen LogP contribution in [0.3, 0.4) is 0 Å². The van der Waals surface area contributed by atoms with Crippen molar-refractivity contribution >= 4 is 29.3 Å². The summed E-state index contributed by atoms with van der Waals surface area (Å²) in [5, 5.41) is 5.80. The summed E-state index contributed by atoms with van der Waals surface area (Å²) in [6.45, 7) is 6.19. The zero-order chi connectivity index (χ0) is 15.9. The Morgan fingerprint density at radius 2 is 1.91 bits per heavy atom. The fraction of sp³-hybridized carbons (Fsp3) is 0.176. The summed E-state index contributed by atoms with van der Waals surface area (Å²) in [5.41, 5.74) is 6.03. The van der Waals surface area contributed by atoms with Crippen LogP contribution in [0.5, 0.6) is 0 Å². The second kappa shape index (κ2) is 5.42. The van der Waals surface area contributed by atoms with Gasteiger partial charge in [-0.25, -0.2) is 0 Å². The van der Waals surface area contributed by atoms with E-state index < -0.39 is 0 Å². The highest BCUT2D eigenvalue weighted by atomic mass is 32.1. The van der Waals surface area contributed by atoms with E-state index in [2.05, 4.69) is 53.3 Å². The molecule has 0 unspecified atom stereocenters. The van der Waals surface area contributed by atoms with Crippen molar-refractivity contribution in [2.75, 3.05) is 0 Å². The first-order valence-corrected chi connectivity index (χ1v) is 7.46. The van der Waals surface area contributed by atoms with Crippen molar-refractivity contribution in [3.63, 3.8) is 0 Å². The normalized spacial score (nSPS) is 16.0. The van der Waals surface area contributed by atoms with E-state index in [4.69, 9.17) is 12.2 Å². The van der Waals surface area contributed by atoms with Gasteiger partial charge in [-0.3, -0.25) is 10.1 Å². The number of aryl methyl sites for hydroxylation is 2. The molecule has 0 bridgehead atoms. The lowest BCUT2D eigenvalue weighted by Gasteiger charge is -2.10. The summed E-state index contributed by atoms with van der Waals surface area (Å²) in [5.74, 6) is -0.189. The monoisotopic (exact) mass is 311 g/mol. The van der Waals surface area contributed by atoms with Crippen molar-refractivity contribution in [1.29, 1.82) is 0 Å². The molecular weight excluding hydrogens is 294 g/mol. The molecule has 2 aromatic rings. The third-order valence-electron chi connectivity index (χ3n) is 3.75. The van der Waals surface area contributed by atoms with Gasteiger partial charge in [-0.15, -0.1) is 0 Å². The van der Waals surface area contributed by atoms with Gasteiger partial charge in [0.15, 0.2) is 5.11 Å². The maximum Gasteiger partial charge on any atom is 0.273 e. The summed E-state index contributed by atoms with van der Waals surface area (Å²) in [4.78, 5) is 11.8. The van der Waals surface area contributed by atoms with E-state index in [1.165, 1.54) is 5.56 Å². The number of amides is 1. The molecule has 0 radical (unpaired) electrons. The number of hydrogen-bond acceptors (Lipinski definition) is 2. The largest absolute Gasteiger partial charge is 0.328 e. The maximum absolute atomic E-state index is 11.8. The predicted molar refractivity (Wildman–Crippen MR) is 91.8 cm³/mol. The second-order valence-electron chi connectivity index (χ2n) is 5.47. The number of carbonyl (C=O) groups excluding carboxylic acids is 1. The van der Waals surface area contributed by atoms with Crippen LogP contribution in [0.15, 0.2) is 36.0 Å². The van der Waals surface area contributed by atoms with Crippen molar-refractivity contribution in [2.24, 2.45) is 0 Å². The Morgan fingerprint density at radius 3 is 2.55 bits per heavy atom. The number of hydrogen-bond donors (Lipinski definition) is 2. The molecule has 1 amide bonds. The van der Waals surface area contributed by atoms with Gasteiger partial charge in [0.1, 0.15) is 5.70 Å². The summed E-state index contributed by atoms with van der Waals surface area (Å²) in [6.07, 6.45) is 1.84. The first-order valence-electron chi connectivity index (χ1n) is 7.06. The quantitative estimate of drug-likeness (QED) is 0.662. The molecule has 4 nitrogen and oxygen atoms in total. The molecule has 3 rings (SSSR count). The van der Waals surface area contributed by atoms with Gasteiger partial charge in [0.25, 0.3) is 5.91 Å². The van der Waals surface area contributed by atoms with E-state index in [0.717, 1.165) is 22.6 Å². The van der Waals surface area contributed by atoms with E-state index >= 15 is 0 Å². The van der Waals surface area contributed by atoms with Gasteiger partial charge in [-0.2, -0.15) is 0 Å². The van der Waals surface area contributed by atoms with E-state index in [-0.39, 0.29) is 5.91 Å². The molecule has 2 heterocycles. The molecule has 1 aromatic heterocycles. The molecule has 0 spiro atoms. The Morgan fingerprint density at radius 1 is 1.14 bits per heavy atom. The van der Waals surface area contributed by atoms with Crippen molar-refractivity contribution in [3.8, 4) is 5.69 Å². The fourth-order valence-corrected chi connectivity index (χ4v) is 2.94. The van der Waals surface area contributed by atoms with Gasteiger partial charge in [0.05, 0.1) is 0 Å².